The average Bonchev–Trinajstić information content (AvgIpc) is 2.87. The van der Waals surface area contributed by atoms with Crippen LogP contribution >= 0.6 is 0 Å². The molecule has 0 N–H and O–H groups in total. The number of benzene rings is 1. The van der Waals surface area contributed by atoms with Gasteiger partial charge in [-0.25, -0.2) is 0 Å². The van der Waals surface area contributed by atoms with E-state index in [4.69, 9.17) is 9.47 Å². The average molecular weight is 302 g/mol. The second-order valence-corrected chi connectivity index (χ2v) is 5.60. The molecule has 0 amide bonds. The molecule has 2 atom stereocenters. The van der Waals surface area contributed by atoms with Crippen molar-refractivity contribution in [3.8, 4) is 0 Å². The number of esters is 2. The minimum absolute atomic E-state index is 0.261. The number of carbonyl (C=O) groups excluding carboxylic acids is 2. The van der Waals surface area contributed by atoms with Crippen LogP contribution in [-0.4, -0.2) is 26.2 Å². The van der Waals surface area contributed by atoms with E-state index in [1.807, 2.05) is 50.3 Å². The number of carbonyl (C=O) groups is 2. The van der Waals surface area contributed by atoms with Crippen LogP contribution in [0.1, 0.15) is 31.7 Å². The Morgan fingerprint density at radius 1 is 1.14 bits per heavy atom. The number of rotatable bonds is 3. The van der Waals surface area contributed by atoms with Crippen LogP contribution < -0.4 is 0 Å². The Bertz CT molecular complexity index is 572. The van der Waals surface area contributed by atoms with E-state index in [9.17, 15) is 9.59 Å². The summed E-state index contributed by atoms with van der Waals surface area (Å²) in [7, 11) is 2.63. The Hall–Kier alpha value is -2.10. The molecular formula is C18H22O4. The third-order valence-electron chi connectivity index (χ3n) is 4.85. The summed E-state index contributed by atoms with van der Waals surface area (Å²) >= 11 is 0. The maximum atomic E-state index is 12.6. The Morgan fingerprint density at radius 2 is 1.68 bits per heavy atom. The van der Waals surface area contributed by atoms with E-state index in [1.54, 1.807) is 0 Å². The molecule has 1 aromatic rings. The molecule has 22 heavy (non-hydrogen) atoms. The highest BCUT2D eigenvalue weighted by Gasteiger charge is 2.63. The molecule has 2 rings (SSSR count). The van der Waals surface area contributed by atoms with Gasteiger partial charge in [-0.05, 0) is 18.9 Å². The van der Waals surface area contributed by atoms with Gasteiger partial charge in [0.25, 0.3) is 0 Å². The third-order valence-corrected chi connectivity index (χ3v) is 4.85. The van der Waals surface area contributed by atoms with Crippen molar-refractivity contribution < 1.29 is 19.1 Å². The van der Waals surface area contributed by atoms with Crippen molar-refractivity contribution in [1.29, 1.82) is 0 Å². The SMILES string of the molecule is C/C=C1\CC(c2ccccc2)C(C(=O)OC)(C(=O)OC)C1C. The highest BCUT2D eigenvalue weighted by Crippen LogP contribution is 2.56. The van der Waals surface area contributed by atoms with Crippen molar-refractivity contribution in [2.24, 2.45) is 11.3 Å². The van der Waals surface area contributed by atoms with Crippen LogP contribution in [-0.2, 0) is 19.1 Å². The van der Waals surface area contributed by atoms with Crippen LogP contribution in [0.2, 0.25) is 0 Å². The summed E-state index contributed by atoms with van der Waals surface area (Å²) in [5.41, 5.74) is 0.693. The number of ether oxygens (including phenoxy) is 2. The quantitative estimate of drug-likeness (QED) is 0.489. The Labute approximate surface area is 131 Å². The molecule has 1 aliphatic carbocycles. The first-order valence-corrected chi connectivity index (χ1v) is 7.40. The zero-order valence-electron chi connectivity index (χ0n) is 13.5. The van der Waals surface area contributed by atoms with Gasteiger partial charge in [-0.3, -0.25) is 9.59 Å². The van der Waals surface area contributed by atoms with Gasteiger partial charge >= 0.3 is 11.9 Å². The lowest BCUT2D eigenvalue weighted by molar-refractivity contribution is -0.172. The van der Waals surface area contributed by atoms with Gasteiger partial charge in [-0.15, -0.1) is 0 Å². The van der Waals surface area contributed by atoms with E-state index in [0.29, 0.717) is 6.42 Å². The summed E-state index contributed by atoms with van der Waals surface area (Å²) < 4.78 is 10.0. The molecule has 0 radical (unpaired) electrons. The predicted octanol–water partition coefficient (Wildman–Crippen LogP) is 3.09. The third kappa shape index (κ3) is 2.23. The standard InChI is InChI=1S/C18H22O4/c1-5-13-11-15(14-9-7-6-8-10-14)18(12(13)2,16(19)21-3)17(20)22-4/h5-10,12,15H,11H2,1-4H3/b13-5+. The smallest absolute Gasteiger partial charge is 0.324 e. The molecule has 2 unspecified atom stereocenters. The molecule has 0 aliphatic heterocycles. The number of methoxy groups -OCH3 is 2. The molecule has 118 valence electrons. The van der Waals surface area contributed by atoms with Gasteiger partial charge in [0.1, 0.15) is 0 Å². The van der Waals surface area contributed by atoms with Crippen molar-refractivity contribution in [2.45, 2.75) is 26.2 Å². The van der Waals surface area contributed by atoms with Crippen molar-refractivity contribution in [3.05, 3.63) is 47.5 Å². The molecule has 0 saturated heterocycles. The zero-order valence-corrected chi connectivity index (χ0v) is 13.5. The fraction of sp³-hybridized carbons (Fsp3) is 0.444. The van der Waals surface area contributed by atoms with Gasteiger partial charge in [0.05, 0.1) is 14.2 Å². The summed E-state index contributed by atoms with van der Waals surface area (Å²) in [5, 5.41) is 0. The Kier molecular flexibility index (Phi) is 4.69. The van der Waals surface area contributed by atoms with Gasteiger partial charge in [-0.1, -0.05) is 48.9 Å². The van der Waals surface area contributed by atoms with Gasteiger partial charge in [0, 0.05) is 11.8 Å². The summed E-state index contributed by atoms with van der Waals surface area (Å²) in [4.78, 5) is 25.3. The zero-order chi connectivity index (χ0) is 16.3. The minimum Gasteiger partial charge on any atom is -0.468 e. The van der Waals surface area contributed by atoms with Gasteiger partial charge < -0.3 is 9.47 Å². The first kappa shape index (κ1) is 16.3. The lowest BCUT2D eigenvalue weighted by Gasteiger charge is -2.33. The summed E-state index contributed by atoms with van der Waals surface area (Å²) in [5.74, 6) is -1.60. The first-order valence-electron chi connectivity index (χ1n) is 7.40. The predicted molar refractivity (Wildman–Crippen MR) is 83.2 cm³/mol. The highest BCUT2D eigenvalue weighted by molar-refractivity contribution is 6.02. The summed E-state index contributed by atoms with van der Waals surface area (Å²) in [6.07, 6.45) is 2.63. The molecule has 0 heterocycles. The van der Waals surface area contributed by atoms with Crippen molar-refractivity contribution >= 4 is 11.9 Å². The van der Waals surface area contributed by atoms with Crippen LogP contribution in [0.5, 0.6) is 0 Å². The lowest BCUT2D eigenvalue weighted by atomic mass is 9.69. The van der Waals surface area contributed by atoms with Gasteiger partial charge in [-0.2, -0.15) is 0 Å². The van der Waals surface area contributed by atoms with Crippen molar-refractivity contribution in [1.82, 2.24) is 0 Å². The van der Waals surface area contributed by atoms with Crippen LogP contribution in [0.3, 0.4) is 0 Å². The second kappa shape index (κ2) is 6.34. The Balaban J connectivity index is 2.67. The van der Waals surface area contributed by atoms with Crippen molar-refractivity contribution in [2.75, 3.05) is 14.2 Å². The molecule has 1 aliphatic rings. The number of hydrogen-bond acceptors (Lipinski definition) is 4. The molecular weight excluding hydrogens is 280 g/mol. The molecule has 0 spiro atoms. The molecule has 4 nitrogen and oxygen atoms in total. The molecule has 1 fully saturated rings. The molecule has 0 aromatic heterocycles. The fourth-order valence-corrected chi connectivity index (χ4v) is 3.66. The fourth-order valence-electron chi connectivity index (χ4n) is 3.66. The molecule has 0 bridgehead atoms. The van der Waals surface area contributed by atoms with Crippen LogP contribution in [0.15, 0.2) is 42.0 Å². The van der Waals surface area contributed by atoms with Crippen LogP contribution in [0.25, 0.3) is 0 Å². The molecule has 1 saturated carbocycles. The topological polar surface area (TPSA) is 52.6 Å². The van der Waals surface area contributed by atoms with E-state index < -0.39 is 17.4 Å². The molecule has 4 heteroatoms. The van der Waals surface area contributed by atoms with Gasteiger partial charge in [0.2, 0.25) is 0 Å². The Morgan fingerprint density at radius 3 is 2.14 bits per heavy atom. The highest BCUT2D eigenvalue weighted by atomic mass is 16.5. The monoisotopic (exact) mass is 302 g/mol. The maximum absolute atomic E-state index is 12.6. The normalized spacial score (nSPS) is 25.0. The van der Waals surface area contributed by atoms with E-state index >= 15 is 0 Å². The van der Waals surface area contributed by atoms with E-state index in [1.165, 1.54) is 14.2 Å². The van der Waals surface area contributed by atoms with E-state index in [2.05, 4.69) is 0 Å². The van der Waals surface area contributed by atoms with Crippen LogP contribution in [0, 0.1) is 11.3 Å². The largest absolute Gasteiger partial charge is 0.468 e. The van der Waals surface area contributed by atoms with E-state index in [-0.39, 0.29) is 11.8 Å². The second-order valence-electron chi connectivity index (χ2n) is 5.60. The van der Waals surface area contributed by atoms with Gasteiger partial charge in [0.15, 0.2) is 5.41 Å². The number of hydrogen-bond donors (Lipinski definition) is 0. The lowest BCUT2D eigenvalue weighted by Crippen LogP contribution is -2.47. The van der Waals surface area contributed by atoms with E-state index in [0.717, 1.165) is 11.1 Å². The molecule has 1 aromatic carbocycles. The summed E-state index contributed by atoms with van der Waals surface area (Å²) in [6.45, 7) is 3.82. The maximum Gasteiger partial charge on any atom is 0.324 e. The van der Waals surface area contributed by atoms with Crippen molar-refractivity contribution in [3.63, 3.8) is 0 Å². The summed E-state index contributed by atoms with van der Waals surface area (Å²) in [6, 6.07) is 9.61. The number of allylic oxidation sites excluding steroid dienone is 2. The first-order chi connectivity index (χ1) is 10.5. The van der Waals surface area contributed by atoms with Crippen LogP contribution in [0.4, 0.5) is 0 Å². The minimum atomic E-state index is -1.33.